The molecule has 1 fully saturated rings. The number of nitrogens with one attached hydrogen (secondary N) is 2. The Hall–Kier alpha value is -3.28. The summed E-state index contributed by atoms with van der Waals surface area (Å²) in [4.78, 5) is 15.3. The van der Waals surface area contributed by atoms with Gasteiger partial charge in [0.15, 0.2) is 5.75 Å². The molecule has 3 aromatic carbocycles. The summed E-state index contributed by atoms with van der Waals surface area (Å²) < 4.78 is 5.66. The monoisotopic (exact) mass is 432 g/mol. The lowest BCUT2D eigenvalue weighted by Gasteiger charge is -2.13. The van der Waals surface area contributed by atoms with E-state index >= 15 is 0 Å². The van der Waals surface area contributed by atoms with Crippen molar-refractivity contribution in [2.75, 3.05) is 6.54 Å². The van der Waals surface area contributed by atoms with Crippen LogP contribution >= 0.6 is 11.6 Å². The maximum Gasteiger partial charge on any atom is 0.295 e. The van der Waals surface area contributed by atoms with Gasteiger partial charge in [-0.2, -0.15) is 0 Å². The zero-order valence-corrected chi connectivity index (χ0v) is 17.4. The molecule has 1 aliphatic rings. The summed E-state index contributed by atoms with van der Waals surface area (Å²) in [7, 11) is 0. The first-order valence-electron chi connectivity index (χ1n) is 10.3. The highest BCUT2D eigenvalue weighted by Crippen LogP contribution is 2.39. The summed E-state index contributed by atoms with van der Waals surface area (Å²) in [5.41, 5.74) is 2.89. The van der Waals surface area contributed by atoms with E-state index in [0.29, 0.717) is 27.7 Å². The quantitative estimate of drug-likeness (QED) is 0.382. The van der Waals surface area contributed by atoms with E-state index in [1.54, 1.807) is 36.4 Å². The number of hydrogen-bond acceptors (Lipinski definition) is 4. The van der Waals surface area contributed by atoms with Crippen molar-refractivity contribution >= 4 is 22.5 Å². The summed E-state index contributed by atoms with van der Waals surface area (Å²) in [5.74, 6) is 0.106. The number of pyridine rings is 1. The average Bonchev–Trinajstić information content (AvgIpc) is 3.32. The maximum absolute atomic E-state index is 12.5. The zero-order valence-electron chi connectivity index (χ0n) is 16.7. The van der Waals surface area contributed by atoms with Gasteiger partial charge in [0, 0.05) is 17.0 Å². The number of rotatable bonds is 4. The van der Waals surface area contributed by atoms with Gasteiger partial charge in [0.25, 0.3) is 5.56 Å². The molecule has 5 nitrogen and oxygen atoms in total. The van der Waals surface area contributed by atoms with Gasteiger partial charge in [0.05, 0.1) is 10.5 Å². The molecular weight excluding hydrogens is 412 g/mol. The maximum atomic E-state index is 12.5. The number of fused-ring (bicyclic) bond motifs is 1. The first-order valence-corrected chi connectivity index (χ1v) is 10.6. The van der Waals surface area contributed by atoms with E-state index < -0.39 is 5.56 Å². The number of halogens is 1. The number of aromatic nitrogens is 1. The third kappa shape index (κ3) is 3.78. The third-order valence-corrected chi connectivity index (χ3v) is 5.99. The SMILES string of the molecule is O=c1[nH]c2cc(Cl)c(-c3ccc(C4CCCN4)cc3)cc2c(O)c1Oc1ccccc1. The molecule has 1 unspecified atom stereocenters. The van der Waals surface area contributed by atoms with Gasteiger partial charge in [0.2, 0.25) is 5.75 Å². The standard InChI is InChI=1S/C25H21ClN2O3/c26-20-14-22-19(23(29)24(25(30)28-22)31-17-5-2-1-3-6-17)13-18(20)15-8-10-16(11-9-15)21-7-4-12-27-21/h1-3,5-6,8-11,13-14,21,27H,4,7,12H2,(H2,28,29,30). The summed E-state index contributed by atoms with van der Waals surface area (Å²) in [5, 5.41) is 15.3. The molecular formula is C25H21ClN2O3. The Balaban J connectivity index is 1.56. The van der Waals surface area contributed by atoms with Crippen LogP contribution < -0.4 is 15.6 Å². The molecule has 0 aliphatic carbocycles. The van der Waals surface area contributed by atoms with E-state index in [4.69, 9.17) is 16.3 Å². The molecule has 0 bridgehead atoms. The molecule has 31 heavy (non-hydrogen) atoms. The Morgan fingerprint density at radius 3 is 2.52 bits per heavy atom. The van der Waals surface area contributed by atoms with Crippen LogP contribution in [0.1, 0.15) is 24.4 Å². The zero-order chi connectivity index (χ0) is 21.4. The molecule has 1 atom stereocenters. The molecule has 0 radical (unpaired) electrons. The fraction of sp³-hybridized carbons (Fsp3) is 0.160. The Kier molecular flexibility index (Phi) is 5.14. The molecule has 5 rings (SSSR count). The van der Waals surface area contributed by atoms with Gasteiger partial charge in [-0.25, -0.2) is 0 Å². The summed E-state index contributed by atoms with van der Waals surface area (Å²) in [6.45, 7) is 1.05. The van der Waals surface area contributed by atoms with Crippen molar-refractivity contribution in [1.82, 2.24) is 10.3 Å². The van der Waals surface area contributed by atoms with Crippen molar-refractivity contribution < 1.29 is 9.84 Å². The van der Waals surface area contributed by atoms with Gasteiger partial charge in [0.1, 0.15) is 5.75 Å². The molecule has 1 saturated heterocycles. The third-order valence-electron chi connectivity index (χ3n) is 5.68. The van der Waals surface area contributed by atoms with Gasteiger partial charge < -0.3 is 20.1 Å². The van der Waals surface area contributed by atoms with Gasteiger partial charge in [-0.1, -0.05) is 54.1 Å². The predicted octanol–water partition coefficient (Wildman–Crippen LogP) is 5.77. The van der Waals surface area contributed by atoms with Gasteiger partial charge >= 0.3 is 0 Å². The number of hydrogen-bond donors (Lipinski definition) is 3. The van der Waals surface area contributed by atoms with Crippen LogP contribution in [-0.4, -0.2) is 16.6 Å². The van der Waals surface area contributed by atoms with Crippen LogP contribution in [0, 0.1) is 0 Å². The number of H-pyrrole nitrogens is 1. The lowest BCUT2D eigenvalue weighted by molar-refractivity contribution is 0.410. The Morgan fingerprint density at radius 1 is 1.03 bits per heavy atom. The van der Waals surface area contributed by atoms with Crippen LogP contribution in [0.3, 0.4) is 0 Å². The van der Waals surface area contributed by atoms with E-state index in [1.165, 1.54) is 12.0 Å². The fourth-order valence-electron chi connectivity index (χ4n) is 4.07. The van der Waals surface area contributed by atoms with Crippen molar-refractivity contribution in [2.45, 2.75) is 18.9 Å². The molecule has 156 valence electrons. The number of aromatic hydroxyl groups is 1. The van der Waals surface area contributed by atoms with E-state index in [1.807, 2.05) is 18.2 Å². The van der Waals surface area contributed by atoms with Crippen LogP contribution in [0.2, 0.25) is 5.02 Å². The molecule has 1 aromatic heterocycles. The number of benzene rings is 3. The highest BCUT2D eigenvalue weighted by atomic mass is 35.5. The van der Waals surface area contributed by atoms with E-state index in [-0.39, 0.29) is 11.5 Å². The highest BCUT2D eigenvalue weighted by Gasteiger charge is 2.18. The molecule has 6 heteroatoms. The second-order valence-electron chi connectivity index (χ2n) is 7.70. The molecule has 0 saturated carbocycles. The minimum Gasteiger partial charge on any atom is -0.504 e. The fourth-order valence-corrected chi connectivity index (χ4v) is 4.34. The number of ether oxygens (including phenoxy) is 1. The van der Waals surface area contributed by atoms with E-state index in [0.717, 1.165) is 24.1 Å². The van der Waals surface area contributed by atoms with Crippen LogP contribution in [0.25, 0.3) is 22.0 Å². The Morgan fingerprint density at radius 2 is 1.81 bits per heavy atom. The van der Waals surface area contributed by atoms with Crippen LogP contribution in [0.5, 0.6) is 17.2 Å². The summed E-state index contributed by atoms with van der Waals surface area (Å²) >= 11 is 6.53. The molecule has 4 aromatic rings. The van der Waals surface area contributed by atoms with E-state index in [2.05, 4.69) is 22.4 Å². The Labute approximate surface area is 184 Å². The van der Waals surface area contributed by atoms with Crippen molar-refractivity contribution in [3.05, 3.63) is 87.7 Å². The average molecular weight is 433 g/mol. The molecule has 0 amide bonds. The first-order chi connectivity index (χ1) is 15.1. The topological polar surface area (TPSA) is 74.4 Å². The van der Waals surface area contributed by atoms with Crippen molar-refractivity contribution in [2.24, 2.45) is 0 Å². The lowest BCUT2D eigenvalue weighted by Crippen LogP contribution is -2.12. The smallest absolute Gasteiger partial charge is 0.295 e. The minimum absolute atomic E-state index is 0.144. The number of para-hydroxylation sites is 1. The molecule has 3 N–H and O–H groups in total. The molecule has 2 heterocycles. The highest BCUT2D eigenvalue weighted by molar-refractivity contribution is 6.34. The minimum atomic E-state index is -0.522. The van der Waals surface area contributed by atoms with Crippen LogP contribution in [0.15, 0.2) is 71.5 Å². The normalized spacial score (nSPS) is 16.0. The predicted molar refractivity (Wildman–Crippen MR) is 123 cm³/mol. The van der Waals surface area contributed by atoms with Gasteiger partial charge in [-0.3, -0.25) is 4.79 Å². The van der Waals surface area contributed by atoms with Gasteiger partial charge in [-0.05, 0) is 54.8 Å². The second kappa shape index (κ2) is 8.10. The van der Waals surface area contributed by atoms with Crippen molar-refractivity contribution in [1.29, 1.82) is 0 Å². The van der Waals surface area contributed by atoms with E-state index in [9.17, 15) is 9.90 Å². The summed E-state index contributed by atoms with van der Waals surface area (Å²) in [6.07, 6.45) is 2.33. The van der Waals surface area contributed by atoms with Crippen molar-refractivity contribution in [3.8, 4) is 28.4 Å². The largest absolute Gasteiger partial charge is 0.504 e. The molecule has 1 aliphatic heterocycles. The van der Waals surface area contributed by atoms with Crippen LogP contribution in [0.4, 0.5) is 0 Å². The lowest BCUT2D eigenvalue weighted by atomic mass is 9.98. The Bertz CT molecular complexity index is 1290. The number of aromatic amines is 1. The second-order valence-corrected chi connectivity index (χ2v) is 8.10. The molecule has 0 spiro atoms. The first kappa shape index (κ1) is 19.7. The van der Waals surface area contributed by atoms with Crippen molar-refractivity contribution in [3.63, 3.8) is 0 Å². The van der Waals surface area contributed by atoms with Crippen LogP contribution in [-0.2, 0) is 0 Å². The van der Waals surface area contributed by atoms with Gasteiger partial charge in [-0.15, -0.1) is 0 Å². The summed E-state index contributed by atoms with van der Waals surface area (Å²) in [6, 6.07) is 21.0.